The molecule has 0 bridgehead atoms. The summed E-state index contributed by atoms with van der Waals surface area (Å²) >= 11 is 0. The number of nitrogens with zero attached hydrogens (tertiary/aromatic N) is 3. The fraction of sp³-hybridized carbons (Fsp3) is 0.909. The Labute approximate surface area is 180 Å². The molecule has 1 unspecified atom stereocenters. The summed E-state index contributed by atoms with van der Waals surface area (Å²) in [7, 11) is 1.61. The van der Waals surface area contributed by atoms with Gasteiger partial charge in [0.15, 0.2) is 5.79 Å². The topological polar surface area (TPSA) is 106 Å². The van der Waals surface area contributed by atoms with Gasteiger partial charge in [-0.25, -0.2) is 0 Å². The molecule has 0 saturated carbocycles. The van der Waals surface area contributed by atoms with Gasteiger partial charge in [-0.3, -0.25) is 0 Å². The normalized spacial score (nSPS) is 31.5. The summed E-state index contributed by atoms with van der Waals surface area (Å²) in [4.78, 5) is 2.90. The molecule has 0 radical (unpaired) electrons. The molecule has 172 valence electrons. The van der Waals surface area contributed by atoms with Crippen molar-refractivity contribution >= 4 is 0 Å². The maximum Gasteiger partial charge on any atom is 0.163 e. The summed E-state index contributed by atoms with van der Waals surface area (Å²) in [6.45, 7) is 11.7. The smallest absolute Gasteiger partial charge is 0.163 e. The number of azide groups is 1. The van der Waals surface area contributed by atoms with Gasteiger partial charge in [-0.15, -0.1) is 0 Å². The number of aliphatic hydroxyl groups is 1. The molecule has 30 heavy (non-hydrogen) atoms. The molecule has 8 nitrogen and oxygen atoms in total. The van der Waals surface area contributed by atoms with E-state index in [1.165, 1.54) is 5.57 Å². The van der Waals surface area contributed by atoms with Gasteiger partial charge >= 0.3 is 0 Å². The quantitative estimate of drug-likeness (QED) is 0.132. The van der Waals surface area contributed by atoms with Crippen LogP contribution in [0.5, 0.6) is 0 Å². The molecule has 2 rings (SSSR count). The van der Waals surface area contributed by atoms with E-state index in [0.29, 0.717) is 19.8 Å². The molecule has 0 aromatic carbocycles. The number of aliphatic hydroxyl groups excluding tert-OH is 1. The second-order valence-corrected chi connectivity index (χ2v) is 9.45. The molecule has 1 fully saturated rings. The Hall–Kier alpha value is -1.15. The average molecular weight is 426 g/mol. The monoisotopic (exact) mass is 425 g/mol. The van der Waals surface area contributed by atoms with E-state index in [-0.39, 0.29) is 36.1 Å². The summed E-state index contributed by atoms with van der Waals surface area (Å²) < 4.78 is 22.7. The Morgan fingerprint density at radius 2 is 2.07 bits per heavy atom. The van der Waals surface area contributed by atoms with E-state index in [4.69, 9.17) is 24.5 Å². The van der Waals surface area contributed by atoms with E-state index < -0.39 is 11.9 Å². The Balaban J connectivity index is 2.31. The van der Waals surface area contributed by atoms with Crippen LogP contribution in [0, 0.1) is 23.2 Å². The predicted octanol–water partition coefficient (Wildman–Crippen LogP) is 4.43. The molecule has 1 aliphatic heterocycles. The minimum Gasteiger partial charge on any atom is -0.393 e. The first-order valence-electron chi connectivity index (χ1n) is 10.9. The van der Waals surface area contributed by atoms with Gasteiger partial charge in [-0.2, -0.15) is 0 Å². The van der Waals surface area contributed by atoms with Crippen LogP contribution >= 0.6 is 0 Å². The van der Waals surface area contributed by atoms with Gasteiger partial charge in [0.1, 0.15) is 6.79 Å². The van der Waals surface area contributed by atoms with E-state index in [1.807, 2.05) is 20.8 Å². The molecule has 2 aliphatic rings. The summed E-state index contributed by atoms with van der Waals surface area (Å²) in [6.07, 6.45) is 4.12. The number of hydrogen-bond donors (Lipinski definition) is 1. The third-order valence-corrected chi connectivity index (χ3v) is 6.85. The molecular formula is C22H39N3O5. The lowest BCUT2D eigenvalue weighted by atomic mass is 9.58. The van der Waals surface area contributed by atoms with Crippen LogP contribution in [0.25, 0.3) is 10.4 Å². The third-order valence-electron chi connectivity index (χ3n) is 6.85. The van der Waals surface area contributed by atoms with E-state index in [0.717, 1.165) is 19.3 Å². The van der Waals surface area contributed by atoms with E-state index in [9.17, 15) is 5.11 Å². The number of hydrogen-bond acceptors (Lipinski definition) is 6. The van der Waals surface area contributed by atoms with Crippen molar-refractivity contribution < 1.29 is 24.1 Å². The molecular weight excluding hydrogens is 386 g/mol. The molecule has 6 atom stereocenters. The Bertz CT molecular complexity index is 632. The standard InChI is InChI=1S/C22H39N3O5/c1-15(16(2)11-24-25-23)10-22(17(3)26)8-7-18(12-28-14-27-6)9-19(22)20-13-29-21(4,5)30-20/h9,15-17,19-20,26H,7-8,10-14H2,1-6H3/t15-,16-,17?,19+,20+,22-/m0/s1. The zero-order valence-electron chi connectivity index (χ0n) is 19.3. The Kier molecular flexibility index (Phi) is 9.15. The average Bonchev–Trinajstić information content (AvgIpc) is 3.06. The first kappa shape index (κ1) is 25.1. The number of rotatable bonds is 11. The lowest BCUT2D eigenvalue weighted by Gasteiger charge is -2.49. The van der Waals surface area contributed by atoms with Crippen molar-refractivity contribution in [1.29, 1.82) is 0 Å². The predicted molar refractivity (Wildman–Crippen MR) is 115 cm³/mol. The molecule has 1 heterocycles. The molecule has 1 N–H and O–H groups in total. The van der Waals surface area contributed by atoms with Gasteiger partial charge in [-0.1, -0.05) is 25.0 Å². The van der Waals surface area contributed by atoms with Gasteiger partial charge < -0.3 is 24.1 Å². The molecule has 1 aliphatic carbocycles. The van der Waals surface area contributed by atoms with Crippen molar-refractivity contribution in [3.63, 3.8) is 0 Å². The summed E-state index contributed by atoms with van der Waals surface area (Å²) in [5, 5.41) is 14.8. The molecule has 0 aromatic heterocycles. The van der Waals surface area contributed by atoms with Crippen molar-refractivity contribution in [2.75, 3.05) is 33.7 Å². The minimum absolute atomic E-state index is 0.00304. The number of ether oxygens (including phenoxy) is 4. The zero-order valence-corrected chi connectivity index (χ0v) is 19.3. The van der Waals surface area contributed by atoms with Gasteiger partial charge in [0, 0.05) is 29.9 Å². The van der Waals surface area contributed by atoms with Crippen LogP contribution < -0.4 is 0 Å². The van der Waals surface area contributed by atoms with Crippen LogP contribution in [0.4, 0.5) is 0 Å². The fourth-order valence-corrected chi connectivity index (χ4v) is 4.85. The van der Waals surface area contributed by atoms with Crippen LogP contribution in [-0.4, -0.2) is 56.8 Å². The van der Waals surface area contributed by atoms with Crippen LogP contribution in [0.15, 0.2) is 16.8 Å². The van der Waals surface area contributed by atoms with Crippen LogP contribution in [0.1, 0.15) is 53.9 Å². The maximum absolute atomic E-state index is 11.0. The van der Waals surface area contributed by atoms with Gasteiger partial charge in [0.2, 0.25) is 0 Å². The maximum atomic E-state index is 11.0. The Morgan fingerprint density at radius 1 is 1.33 bits per heavy atom. The van der Waals surface area contributed by atoms with Crippen LogP contribution in [0.3, 0.4) is 0 Å². The van der Waals surface area contributed by atoms with Crippen molar-refractivity contribution in [3.05, 3.63) is 22.1 Å². The highest BCUT2D eigenvalue weighted by atomic mass is 16.7. The third kappa shape index (κ3) is 6.19. The highest BCUT2D eigenvalue weighted by Crippen LogP contribution is 2.51. The minimum atomic E-state index is -0.631. The fourth-order valence-electron chi connectivity index (χ4n) is 4.85. The molecule has 0 aromatic rings. The summed E-state index contributed by atoms with van der Waals surface area (Å²) in [5.41, 5.74) is 9.53. The van der Waals surface area contributed by atoms with E-state index in [1.54, 1.807) is 7.11 Å². The SMILES string of the molecule is COCOCC1=C[C@H]([C@H]2COC(C)(C)O2)[C@@](C[C@H](C)[C@@H](C)CN=[N+]=[N-])(C(C)O)CC1. The van der Waals surface area contributed by atoms with Crippen molar-refractivity contribution in [3.8, 4) is 0 Å². The highest BCUT2D eigenvalue weighted by Gasteiger charge is 2.51. The molecule has 0 spiro atoms. The largest absolute Gasteiger partial charge is 0.393 e. The summed E-state index contributed by atoms with van der Waals surface area (Å²) in [5.74, 6) is -0.122. The van der Waals surface area contributed by atoms with Gasteiger partial charge in [0.25, 0.3) is 0 Å². The lowest BCUT2D eigenvalue weighted by Crippen LogP contribution is -2.49. The van der Waals surface area contributed by atoms with Crippen molar-refractivity contribution in [2.24, 2.45) is 28.3 Å². The van der Waals surface area contributed by atoms with Crippen LogP contribution in [-0.2, 0) is 18.9 Å². The van der Waals surface area contributed by atoms with Crippen LogP contribution in [0.2, 0.25) is 0 Å². The molecule has 0 amide bonds. The number of methoxy groups -OCH3 is 1. The van der Waals surface area contributed by atoms with Gasteiger partial charge in [-0.05, 0) is 63.0 Å². The Morgan fingerprint density at radius 3 is 2.63 bits per heavy atom. The second kappa shape index (κ2) is 10.9. The second-order valence-electron chi connectivity index (χ2n) is 9.45. The van der Waals surface area contributed by atoms with Crippen molar-refractivity contribution in [1.82, 2.24) is 0 Å². The molecule has 1 saturated heterocycles. The first-order valence-corrected chi connectivity index (χ1v) is 10.9. The van der Waals surface area contributed by atoms with E-state index >= 15 is 0 Å². The van der Waals surface area contributed by atoms with E-state index in [2.05, 4.69) is 29.9 Å². The first-order chi connectivity index (χ1) is 14.1. The molecule has 8 heteroatoms. The zero-order chi connectivity index (χ0) is 22.4. The van der Waals surface area contributed by atoms with Crippen molar-refractivity contribution in [2.45, 2.75) is 71.9 Å². The highest BCUT2D eigenvalue weighted by molar-refractivity contribution is 5.18. The summed E-state index contributed by atoms with van der Waals surface area (Å²) in [6, 6.07) is 0. The lowest BCUT2D eigenvalue weighted by molar-refractivity contribution is -0.156. The van der Waals surface area contributed by atoms with Gasteiger partial charge in [0.05, 0.1) is 25.4 Å².